The molecule has 0 saturated heterocycles. The molecule has 0 aliphatic rings. The lowest BCUT2D eigenvalue weighted by molar-refractivity contribution is 0.209. The number of thiophene rings is 1. The van der Waals surface area contributed by atoms with Crippen LogP contribution in [0, 0.1) is 13.8 Å². The fraction of sp³-hybridized carbons (Fsp3) is 0.556. The fourth-order valence-electron chi connectivity index (χ4n) is 1.51. The number of aliphatic hydroxyl groups is 1. The van der Waals surface area contributed by atoms with E-state index in [0.717, 1.165) is 15.3 Å². The van der Waals surface area contributed by atoms with E-state index in [9.17, 15) is 13.5 Å². The minimum absolute atomic E-state index is 0.620. The SMILES string of the molecule is Cc1cc(C(C)C(O)S(=O)(=O)O)c(C)s1. The number of hydrogen-bond donors (Lipinski definition) is 2. The van der Waals surface area contributed by atoms with Gasteiger partial charge < -0.3 is 5.11 Å². The van der Waals surface area contributed by atoms with Crippen LogP contribution in [-0.4, -0.2) is 23.5 Å². The number of rotatable bonds is 3. The molecular weight excluding hydrogens is 236 g/mol. The second kappa shape index (κ2) is 4.21. The third kappa shape index (κ3) is 2.78. The molecule has 1 aromatic rings. The largest absolute Gasteiger partial charge is 0.375 e. The molecule has 0 radical (unpaired) electrons. The van der Waals surface area contributed by atoms with Crippen LogP contribution in [0.25, 0.3) is 0 Å². The van der Waals surface area contributed by atoms with E-state index in [1.165, 1.54) is 11.3 Å². The monoisotopic (exact) mass is 250 g/mol. The van der Waals surface area contributed by atoms with Crippen LogP contribution in [0.15, 0.2) is 6.07 Å². The predicted octanol–water partition coefficient (Wildman–Crippen LogP) is 1.67. The van der Waals surface area contributed by atoms with Crippen LogP contribution in [-0.2, 0) is 10.1 Å². The smallest absolute Gasteiger partial charge is 0.292 e. The Balaban J connectivity index is 3.05. The van der Waals surface area contributed by atoms with Crippen LogP contribution in [0.3, 0.4) is 0 Å². The Hall–Kier alpha value is -0.430. The highest BCUT2D eigenvalue weighted by molar-refractivity contribution is 7.86. The van der Waals surface area contributed by atoms with E-state index in [0.29, 0.717) is 0 Å². The van der Waals surface area contributed by atoms with Crippen molar-refractivity contribution in [2.24, 2.45) is 0 Å². The first-order chi connectivity index (χ1) is 6.73. The zero-order valence-corrected chi connectivity index (χ0v) is 10.4. The molecule has 0 bridgehead atoms. The molecule has 0 spiro atoms. The summed E-state index contributed by atoms with van der Waals surface area (Å²) in [4.78, 5) is 2.01. The lowest BCUT2D eigenvalue weighted by Gasteiger charge is -2.15. The summed E-state index contributed by atoms with van der Waals surface area (Å²) in [6, 6.07) is 1.83. The van der Waals surface area contributed by atoms with Gasteiger partial charge >= 0.3 is 0 Å². The maximum absolute atomic E-state index is 10.8. The van der Waals surface area contributed by atoms with Gasteiger partial charge in [-0.3, -0.25) is 4.55 Å². The molecule has 1 rings (SSSR count). The van der Waals surface area contributed by atoms with E-state index in [-0.39, 0.29) is 0 Å². The highest BCUT2D eigenvalue weighted by Crippen LogP contribution is 2.30. The average Bonchev–Trinajstić information content (AvgIpc) is 2.41. The maximum Gasteiger partial charge on any atom is 0.292 e. The van der Waals surface area contributed by atoms with Crippen LogP contribution in [0.2, 0.25) is 0 Å². The van der Waals surface area contributed by atoms with Gasteiger partial charge in [-0.15, -0.1) is 11.3 Å². The Labute approximate surface area is 93.3 Å². The first-order valence-electron chi connectivity index (χ1n) is 4.44. The summed E-state index contributed by atoms with van der Waals surface area (Å²) in [5.74, 6) is -0.620. The van der Waals surface area contributed by atoms with Gasteiger partial charge in [0.25, 0.3) is 10.1 Å². The van der Waals surface area contributed by atoms with Gasteiger partial charge in [0.1, 0.15) is 0 Å². The lowest BCUT2D eigenvalue weighted by atomic mass is 10.0. The number of aryl methyl sites for hydroxylation is 2. The normalized spacial score (nSPS) is 16.3. The molecule has 0 aliphatic heterocycles. The van der Waals surface area contributed by atoms with E-state index in [4.69, 9.17) is 4.55 Å². The molecule has 2 N–H and O–H groups in total. The zero-order valence-electron chi connectivity index (χ0n) is 8.76. The van der Waals surface area contributed by atoms with Crippen molar-refractivity contribution in [3.05, 3.63) is 21.4 Å². The van der Waals surface area contributed by atoms with Crippen molar-refractivity contribution in [2.45, 2.75) is 32.1 Å². The van der Waals surface area contributed by atoms with Crippen LogP contribution in [0.4, 0.5) is 0 Å². The molecule has 86 valence electrons. The Kier molecular flexibility index (Phi) is 3.55. The van der Waals surface area contributed by atoms with Crippen LogP contribution in [0.5, 0.6) is 0 Å². The van der Waals surface area contributed by atoms with Crippen molar-refractivity contribution in [3.8, 4) is 0 Å². The second-order valence-corrected chi connectivity index (χ2v) is 6.54. The summed E-state index contributed by atoms with van der Waals surface area (Å²) < 4.78 is 30.3. The van der Waals surface area contributed by atoms with Crippen molar-refractivity contribution in [1.29, 1.82) is 0 Å². The van der Waals surface area contributed by atoms with Crippen molar-refractivity contribution in [3.63, 3.8) is 0 Å². The Bertz CT molecular complexity index is 447. The first-order valence-corrected chi connectivity index (χ1v) is 6.76. The molecular formula is C9H14O4S2. The van der Waals surface area contributed by atoms with Crippen LogP contribution < -0.4 is 0 Å². The van der Waals surface area contributed by atoms with Crippen molar-refractivity contribution < 1.29 is 18.1 Å². The topological polar surface area (TPSA) is 74.6 Å². The maximum atomic E-state index is 10.8. The Morgan fingerprint density at radius 2 is 1.93 bits per heavy atom. The fourth-order valence-corrected chi connectivity index (χ4v) is 3.21. The third-order valence-corrected chi connectivity index (χ3v) is 4.30. The average molecular weight is 250 g/mol. The Morgan fingerprint density at radius 3 is 2.27 bits per heavy atom. The van der Waals surface area contributed by atoms with Gasteiger partial charge in [-0.2, -0.15) is 8.42 Å². The predicted molar refractivity (Wildman–Crippen MR) is 59.8 cm³/mol. The van der Waals surface area contributed by atoms with E-state index in [1.807, 2.05) is 19.9 Å². The molecule has 15 heavy (non-hydrogen) atoms. The van der Waals surface area contributed by atoms with E-state index < -0.39 is 21.5 Å². The molecule has 0 aromatic carbocycles. The highest BCUT2D eigenvalue weighted by Gasteiger charge is 2.29. The third-order valence-electron chi connectivity index (χ3n) is 2.30. The summed E-state index contributed by atoms with van der Waals surface area (Å²) in [6.07, 6.45) is 0. The summed E-state index contributed by atoms with van der Waals surface area (Å²) >= 11 is 1.54. The quantitative estimate of drug-likeness (QED) is 0.800. The first kappa shape index (κ1) is 12.6. The minimum Gasteiger partial charge on any atom is -0.375 e. The van der Waals surface area contributed by atoms with Crippen molar-refractivity contribution in [2.75, 3.05) is 0 Å². The van der Waals surface area contributed by atoms with E-state index in [2.05, 4.69) is 0 Å². The molecule has 4 nitrogen and oxygen atoms in total. The summed E-state index contributed by atoms with van der Waals surface area (Å²) in [5, 5.41) is 9.41. The number of hydrogen-bond acceptors (Lipinski definition) is 4. The molecule has 0 amide bonds. The van der Waals surface area contributed by atoms with Crippen LogP contribution >= 0.6 is 11.3 Å². The zero-order chi connectivity index (χ0) is 11.8. The van der Waals surface area contributed by atoms with E-state index >= 15 is 0 Å². The van der Waals surface area contributed by atoms with Gasteiger partial charge in [0.2, 0.25) is 0 Å². The standard InChI is InChI=1S/C9H14O4S2/c1-5-4-8(7(3)14-5)6(2)9(10)15(11,12)13/h4,6,9-10H,1-3H3,(H,11,12,13). The highest BCUT2D eigenvalue weighted by atomic mass is 32.2. The van der Waals surface area contributed by atoms with Gasteiger partial charge in [0.05, 0.1) is 0 Å². The van der Waals surface area contributed by atoms with Gasteiger partial charge in [0, 0.05) is 15.7 Å². The van der Waals surface area contributed by atoms with Gasteiger partial charge in [0.15, 0.2) is 5.44 Å². The molecule has 1 heterocycles. The summed E-state index contributed by atoms with van der Waals surface area (Å²) in [6.45, 7) is 5.35. The summed E-state index contributed by atoms with van der Waals surface area (Å²) in [7, 11) is -4.40. The van der Waals surface area contributed by atoms with Gasteiger partial charge in [-0.1, -0.05) is 6.92 Å². The second-order valence-electron chi connectivity index (χ2n) is 3.56. The molecule has 1 aromatic heterocycles. The molecule has 2 unspecified atom stereocenters. The lowest BCUT2D eigenvalue weighted by Crippen LogP contribution is -2.26. The summed E-state index contributed by atoms with van der Waals surface area (Å²) in [5.41, 5.74) is -0.993. The van der Waals surface area contributed by atoms with Gasteiger partial charge in [-0.25, -0.2) is 0 Å². The molecule has 0 saturated carbocycles. The molecule has 0 fully saturated rings. The van der Waals surface area contributed by atoms with Crippen LogP contribution in [0.1, 0.15) is 28.2 Å². The van der Waals surface area contributed by atoms with Gasteiger partial charge in [-0.05, 0) is 25.5 Å². The number of aliphatic hydroxyl groups excluding tert-OH is 1. The molecule has 2 atom stereocenters. The van der Waals surface area contributed by atoms with Crippen molar-refractivity contribution >= 4 is 21.5 Å². The minimum atomic E-state index is -4.40. The van der Waals surface area contributed by atoms with Crippen molar-refractivity contribution in [1.82, 2.24) is 0 Å². The van der Waals surface area contributed by atoms with E-state index in [1.54, 1.807) is 6.92 Å². The Morgan fingerprint density at radius 1 is 1.40 bits per heavy atom. The molecule has 0 aliphatic carbocycles. The molecule has 6 heteroatoms.